The van der Waals surface area contributed by atoms with Gasteiger partial charge in [-0.2, -0.15) is 4.98 Å². The van der Waals surface area contributed by atoms with Crippen molar-refractivity contribution in [1.29, 1.82) is 0 Å². The van der Waals surface area contributed by atoms with Gasteiger partial charge in [0.2, 0.25) is 0 Å². The van der Waals surface area contributed by atoms with Crippen molar-refractivity contribution in [3.63, 3.8) is 0 Å². The summed E-state index contributed by atoms with van der Waals surface area (Å²) in [5.74, 6) is 1.56. The molecule has 0 spiro atoms. The van der Waals surface area contributed by atoms with Crippen LogP contribution in [-0.2, 0) is 0 Å². The van der Waals surface area contributed by atoms with Crippen LogP contribution in [0.5, 0.6) is 0 Å². The zero-order valence-electron chi connectivity index (χ0n) is 17.8. The van der Waals surface area contributed by atoms with E-state index >= 15 is 0 Å². The Hall–Kier alpha value is -3.32. The van der Waals surface area contributed by atoms with Gasteiger partial charge in [0, 0.05) is 18.3 Å². The molecule has 0 radical (unpaired) electrons. The number of piperidine rings is 3. The molecular formula is C24H28N6O. The fourth-order valence-electron chi connectivity index (χ4n) is 4.80. The number of guanidine groups is 1. The van der Waals surface area contributed by atoms with Gasteiger partial charge in [0.15, 0.2) is 5.96 Å². The first-order valence-electron chi connectivity index (χ1n) is 10.8. The summed E-state index contributed by atoms with van der Waals surface area (Å²) in [6, 6.07) is 8.43. The van der Waals surface area contributed by atoms with Crippen LogP contribution in [-0.4, -0.2) is 45.9 Å². The van der Waals surface area contributed by atoms with E-state index in [1.54, 1.807) is 12.3 Å². The van der Waals surface area contributed by atoms with Crippen molar-refractivity contribution in [3.8, 4) is 11.3 Å². The Kier molecular flexibility index (Phi) is 5.11. The van der Waals surface area contributed by atoms with E-state index in [9.17, 15) is 0 Å². The molecule has 1 atom stereocenters. The van der Waals surface area contributed by atoms with Crippen LogP contribution in [0, 0.1) is 12.8 Å². The molecule has 7 heteroatoms. The highest BCUT2D eigenvalue weighted by Crippen LogP contribution is 2.32. The van der Waals surface area contributed by atoms with E-state index in [1.807, 2.05) is 28.8 Å². The van der Waals surface area contributed by atoms with Crippen LogP contribution in [0.2, 0.25) is 0 Å². The predicted octanol–water partition coefficient (Wildman–Crippen LogP) is 3.43. The summed E-state index contributed by atoms with van der Waals surface area (Å²) in [4.78, 5) is 12.1. The van der Waals surface area contributed by atoms with Gasteiger partial charge < -0.3 is 20.4 Å². The standard InChI is InChI=1S/C24H28N6O/c1-3-6-19(26-23(25)27-20-15-29-11-9-17(20)10-12-29)22-21(18-8-5-4-7-16(18)2)28-24-30(22)13-14-31-24/h3-8,13-14,17,20H,1,9-12,15H2,2H3,(H3,25,26,27)/b19-6-/t20-/m0/s1. The Morgan fingerprint density at radius 2 is 2.13 bits per heavy atom. The van der Waals surface area contributed by atoms with Crippen molar-refractivity contribution >= 4 is 17.5 Å². The van der Waals surface area contributed by atoms with E-state index < -0.39 is 0 Å². The first kappa shape index (κ1) is 19.6. The number of aliphatic imine (C=N–C) groups is 1. The number of hydrogen-bond donors (Lipinski definition) is 2. The van der Waals surface area contributed by atoms with Crippen LogP contribution in [0.1, 0.15) is 24.1 Å². The molecule has 3 N–H and O–H groups in total. The number of imidazole rings is 1. The van der Waals surface area contributed by atoms with E-state index in [0.29, 0.717) is 17.7 Å². The fourth-order valence-corrected chi connectivity index (χ4v) is 4.80. The molecule has 5 heterocycles. The molecule has 6 rings (SSSR count). The van der Waals surface area contributed by atoms with Gasteiger partial charge in [0.1, 0.15) is 17.7 Å². The summed E-state index contributed by atoms with van der Waals surface area (Å²) in [7, 11) is 0. The number of rotatable bonds is 5. The van der Waals surface area contributed by atoms with Crippen LogP contribution in [0.15, 0.2) is 64.9 Å². The summed E-state index contributed by atoms with van der Waals surface area (Å²) >= 11 is 0. The number of aromatic nitrogens is 2. The third kappa shape index (κ3) is 3.65. The third-order valence-electron chi connectivity index (χ3n) is 6.39. The van der Waals surface area contributed by atoms with Crippen LogP contribution in [0.4, 0.5) is 0 Å². The van der Waals surface area contributed by atoms with E-state index in [2.05, 4.69) is 35.9 Å². The number of nitrogens with zero attached hydrogens (tertiary/aromatic N) is 4. The molecule has 3 aliphatic heterocycles. The van der Waals surface area contributed by atoms with Crippen LogP contribution < -0.4 is 11.1 Å². The third-order valence-corrected chi connectivity index (χ3v) is 6.39. The number of benzene rings is 1. The summed E-state index contributed by atoms with van der Waals surface area (Å²) in [6.07, 6.45) is 9.53. The molecule has 1 aromatic carbocycles. The minimum atomic E-state index is 0.246. The Morgan fingerprint density at radius 3 is 2.84 bits per heavy atom. The van der Waals surface area contributed by atoms with Gasteiger partial charge in [-0.3, -0.25) is 4.40 Å². The van der Waals surface area contributed by atoms with Gasteiger partial charge in [-0.05, 0) is 50.4 Å². The second kappa shape index (κ2) is 8.07. The first-order chi connectivity index (χ1) is 15.1. The maximum atomic E-state index is 6.40. The number of nitrogens with one attached hydrogen (secondary N) is 1. The number of allylic oxidation sites excluding steroid dienone is 2. The van der Waals surface area contributed by atoms with Crippen molar-refractivity contribution in [2.75, 3.05) is 19.6 Å². The van der Waals surface area contributed by atoms with Crippen molar-refractivity contribution < 1.29 is 4.42 Å². The van der Waals surface area contributed by atoms with Crippen molar-refractivity contribution in [2.24, 2.45) is 16.6 Å². The van der Waals surface area contributed by atoms with Gasteiger partial charge in [-0.15, -0.1) is 0 Å². The molecule has 0 amide bonds. The summed E-state index contributed by atoms with van der Waals surface area (Å²) in [5.41, 5.74) is 11.1. The number of oxazole rings is 1. The van der Waals surface area contributed by atoms with Gasteiger partial charge in [-0.1, -0.05) is 36.9 Å². The quantitative estimate of drug-likeness (QED) is 0.378. The van der Waals surface area contributed by atoms with E-state index in [-0.39, 0.29) is 6.04 Å². The maximum Gasteiger partial charge on any atom is 0.306 e. The molecular weight excluding hydrogens is 388 g/mol. The molecule has 2 bridgehead atoms. The Labute approximate surface area is 182 Å². The monoisotopic (exact) mass is 416 g/mol. The van der Waals surface area contributed by atoms with Crippen molar-refractivity contribution in [3.05, 3.63) is 66.7 Å². The lowest BCUT2D eigenvalue weighted by molar-refractivity contribution is 0.0904. The van der Waals surface area contributed by atoms with E-state index in [0.717, 1.165) is 34.8 Å². The van der Waals surface area contributed by atoms with Crippen LogP contribution in [0.3, 0.4) is 0 Å². The van der Waals surface area contributed by atoms with Crippen molar-refractivity contribution in [2.45, 2.75) is 25.8 Å². The minimum Gasteiger partial charge on any atom is -0.432 e. The van der Waals surface area contributed by atoms with Crippen LogP contribution >= 0.6 is 0 Å². The summed E-state index contributed by atoms with van der Waals surface area (Å²) < 4.78 is 7.52. The van der Waals surface area contributed by atoms with E-state index in [1.165, 1.54) is 25.9 Å². The molecule has 0 unspecified atom stereocenters. The topological polar surface area (TPSA) is 84.1 Å². The first-order valence-corrected chi connectivity index (χ1v) is 10.8. The number of hydrogen-bond acceptors (Lipinski definition) is 4. The highest BCUT2D eigenvalue weighted by atomic mass is 16.3. The average Bonchev–Trinajstić information content (AvgIpc) is 3.36. The van der Waals surface area contributed by atoms with Gasteiger partial charge in [-0.25, -0.2) is 4.99 Å². The SMILES string of the molecule is C=C/C=C(\NC(N)=N[C@H]1CN2CCC1CC2)c1c(-c2ccccc2C)nc2occn12. The maximum absolute atomic E-state index is 6.40. The van der Waals surface area contributed by atoms with E-state index in [4.69, 9.17) is 20.1 Å². The molecule has 160 valence electrons. The second-order valence-electron chi connectivity index (χ2n) is 8.34. The zero-order valence-corrected chi connectivity index (χ0v) is 17.8. The van der Waals surface area contributed by atoms with Crippen molar-refractivity contribution in [1.82, 2.24) is 19.6 Å². The average molecular weight is 417 g/mol. The smallest absolute Gasteiger partial charge is 0.306 e. The molecule has 0 saturated carbocycles. The number of fused-ring (bicyclic) bond motifs is 4. The molecule has 3 saturated heterocycles. The Balaban J connectivity index is 1.52. The highest BCUT2D eigenvalue weighted by molar-refractivity contribution is 5.91. The molecule has 3 aromatic rings. The lowest BCUT2D eigenvalue weighted by Crippen LogP contribution is -2.50. The van der Waals surface area contributed by atoms with Gasteiger partial charge >= 0.3 is 5.84 Å². The molecule has 0 aliphatic carbocycles. The lowest BCUT2D eigenvalue weighted by Gasteiger charge is -2.43. The van der Waals surface area contributed by atoms with Crippen LogP contribution in [0.25, 0.3) is 22.8 Å². The van der Waals surface area contributed by atoms with Gasteiger partial charge in [0.25, 0.3) is 0 Å². The molecule has 2 aromatic heterocycles. The lowest BCUT2D eigenvalue weighted by atomic mass is 9.84. The Morgan fingerprint density at radius 1 is 1.32 bits per heavy atom. The fraction of sp³-hybridized carbons (Fsp3) is 0.333. The predicted molar refractivity (Wildman–Crippen MR) is 124 cm³/mol. The highest BCUT2D eigenvalue weighted by Gasteiger charge is 2.34. The van der Waals surface area contributed by atoms with Gasteiger partial charge in [0.05, 0.1) is 11.7 Å². The molecule has 31 heavy (non-hydrogen) atoms. The number of nitrogens with two attached hydrogens (primary N) is 1. The summed E-state index contributed by atoms with van der Waals surface area (Å²) in [5, 5.41) is 3.34. The molecule has 7 nitrogen and oxygen atoms in total. The largest absolute Gasteiger partial charge is 0.432 e. The normalized spacial score (nSPS) is 24.0. The summed E-state index contributed by atoms with van der Waals surface area (Å²) in [6.45, 7) is 9.32. The Bertz CT molecular complexity index is 1160. The number of aryl methyl sites for hydroxylation is 1. The molecule has 3 aliphatic rings. The zero-order chi connectivity index (χ0) is 21.4. The molecule has 3 fully saturated rings. The second-order valence-corrected chi connectivity index (χ2v) is 8.34. The minimum absolute atomic E-state index is 0.246.